The Bertz CT molecular complexity index is 660. The lowest BCUT2D eigenvalue weighted by Gasteiger charge is -1.91. The molecule has 1 heterocycles. The molecule has 0 amide bonds. The molecule has 0 saturated carbocycles. The van der Waals surface area contributed by atoms with Gasteiger partial charge in [0.2, 0.25) is 0 Å². The molecule has 1 aromatic carbocycles. The predicted molar refractivity (Wildman–Crippen MR) is 62.6 cm³/mol. The average molecular weight is 231 g/mol. The first-order valence-electron chi connectivity index (χ1n) is 4.86. The number of fused-ring (bicyclic) bond motifs is 1. The number of carboxylic acids is 1. The standard InChI is InChI=1S/C12H9NO4/c14-11(15)4-2-1-3-8-5-6-9-10(7-8)17-12(16)13-9/h1-7H,(H,13,16)(H,14,15)/b3-1+,4-2+. The van der Waals surface area contributed by atoms with Gasteiger partial charge in [0.25, 0.3) is 0 Å². The van der Waals surface area contributed by atoms with Crippen LogP contribution in [0.1, 0.15) is 5.56 Å². The van der Waals surface area contributed by atoms with E-state index in [2.05, 4.69) is 4.98 Å². The third-order valence-corrected chi connectivity index (χ3v) is 2.08. The van der Waals surface area contributed by atoms with Gasteiger partial charge in [-0.2, -0.15) is 0 Å². The van der Waals surface area contributed by atoms with Crippen LogP contribution in [0.25, 0.3) is 17.2 Å². The van der Waals surface area contributed by atoms with Gasteiger partial charge in [0, 0.05) is 6.08 Å². The third-order valence-electron chi connectivity index (χ3n) is 2.08. The fourth-order valence-corrected chi connectivity index (χ4v) is 1.37. The Labute approximate surface area is 95.7 Å². The lowest BCUT2D eigenvalue weighted by molar-refractivity contribution is -0.131. The van der Waals surface area contributed by atoms with Crippen molar-refractivity contribution in [3.8, 4) is 0 Å². The summed E-state index contributed by atoms with van der Waals surface area (Å²) >= 11 is 0. The molecule has 0 aliphatic carbocycles. The summed E-state index contributed by atoms with van der Waals surface area (Å²) < 4.78 is 4.90. The number of hydrogen-bond donors (Lipinski definition) is 2. The quantitative estimate of drug-likeness (QED) is 0.623. The zero-order chi connectivity index (χ0) is 12.3. The molecular weight excluding hydrogens is 222 g/mol. The number of carbonyl (C=O) groups is 1. The van der Waals surface area contributed by atoms with Crippen molar-refractivity contribution in [3.05, 3.63) is 52.5 Å². The molecule has 0 bridgehead atoms. The molecule has 0 aliphatic heterocycles. The number of allylic oxidation sites excluding steroid dienone is 2. The van der Waals surface area contributed by atoms with Gasteiger partial charge in [0.1, 0.15) is 0 Å². The minimum absolute atomic E-state index is 0.472. The van der Waals surface area contributed by atoms with Gasteiger partial charge in [-0.1, -0.05) is 24.3 Å². The van der Waals surface area contributed by atoms with Crippen LogP contribution in [0.5, 0.6) is 0 Å². The molecule has 2 N–H and O–H groups in total. The van der Waals surface area contributed by atoms with E-state index < -0.39 is 11.7 Å². The molecule has 0 aliphatic rings. The van der Waals surface area contributed by atoms with E-state index in [1.807, 2.05) is 0 Å². The normalized spacial score (nSPS) is 11.8. The highest BCUT2D eigenvalue weighted by Crippen LogP contribution is 2.13. The Kier molecular flexibility index (Phi) is 2.91. The minimum atomic E-state index is -0.998. The first-order valence-corrected chi connectivity index (χ1v) is 4.86. The van der Waals surface area contributed by atoms with E-state index in [0.717, 1.165) is 11.6 Å². The molecule has 0 unspecified atom stereocenters. The topological polar surface area (TPSA) is 83.3 Å². The summed E-state index contributed by atoms with van der Waals surface area (Å²) in [5.41, 5.74) is 1.92. The number of aliphatic carboxylic acids is 1. The van der Waals surface area contributed by atoms with E-state index in [4.69, 9.17) is 9.52 Å². The Hall–Kier alpha value is -2.56. The maximum Gasteiger partial charge on any atom is 0.417 e. The van der Waals surface area contributed by atoms with Crippen molar-refractivity contribution in [1.29, 1.82) is 0 Å². The highest BCUT2D eigenvalue weighted by atomic mass is 16.4. The van der Waals surface area contributed by atoms with Crippen LogP contribution in [-0.4, -0.2) is 16.1 Å². The van der Waals surface area contributed by atoms with Gasteiger partial charge >= 0.3 is 11.7 Å². The lowest BCUT2D eigenvalue weighted by atomic mass is 10.2. The monoisotopic (exact) mass is 231 g/mol. The number of aromatic nitrogens is 1. The van der Waals surface area contributed by atoms with E-state index in [1.165, 1.54) is 6.08 Å². The third kappa shape index (κ3) is 2.72. The van der Waals surface area contributed by atoms with Crippen LogP contribution in [0.3, 0.4) is 0 Å². The van der Waals surface area contributed by atoms with Gasteiger partial charge in [-0.05, 0) is 17.7 Å². The van der Waals surface area contributed by atoms with Crippen molar-refractivity contribution < 1.29 is 14.3 Å². The second-order valence-corrected chi connectivity index (χ2v) is 3.33. The predicted octanol–water partition coefficient (Wildman–Crippen LogP) is 1.78. The molecule has 2 aromatic rings. The van der Waals surface area contributed by atoms with E-state index in [9.17, 15) is 9.59 Å². The zero-order valence-corrected chi connectivity index (χ0v) is 8.71. The SMILES string of the molecule is O=C(O)/C=C/C=C/c1ccc2[nH]c(=O)oc2c1. The number of carboxylic acid groups (broad SMARTS) is 1. The number of aromatic amines is 1. The van der Waals surface area contributed by atoms with Crippen molar-refractivity contribution in [1.82, 2.24) is 4.98 Å². The summed E-state index contributed by atoms with van der Waals surface area (Å²) in [5, 5.41) is 8.38. The molecule has 0 fully saturated rings. The van der Waals surface area contributed by atoms with Gasteiger partial charge in [-0.3, -0.25) is 4.98 Å². The number of hydrogen-bond acceptors (Lipinski definition) is 3. The van der Waals surface area contributed by atoms with Crippen molar-refractivity contribution in [2.24, 2.45) is 0 Å². The van der Waals surface area contributed by atoms with E-state index in [0.29, 0.717) is 11.1 Å². The fraction of sp³-hybridized carbons (Fsp3) is 0. The number of rotatable bonds is 3. The summed E-state index contributed by atoms with van der Waals surface area (Å²) in [4.78, 5) is 23.7. The van der Waals surface area contributed by atoms with Gasteiger partial charge in [0.05, 0.1) is 5.52 Å². The molecule has 1 aromatic heterocycles. The summed E-state index contributed by atoms with van der Waals surface area (Å²) in [5.74, 6) is -1.49. The van der Waals surface area contributed by atoms with Gasteiger partial charge in [-0.25, -0.2) is 9.59 Å². The van der Waals surface area contributed by atoms with Crippen molar-refractivity contribution in [2.75, 3.05) is 0 Å². The number of nitrogens with one attached hydrogen (secondary N) is 1. The van der Waals surface area contributed by atoms with Crippen molar-refractivity contribution in [3.63, 3.8) is 0 Å². The number of H-pyrrole nitrogens is 1. The smallest absolute Gasteiger partial charge is 0.417 e. The second-order valence-electron chi connectivity index (χ2n) is 3.33. The second kappa shape index (κ2) is 4.52. The number of oxazole rings is 1. The van der Waals surface area contributed by atoms with Crippen molar-refractivity contribution >= 4 is 23.1 Å². The first-order chi connectivity index (χ1) is 8.15. The van der Waals surface area contributed by atoms with Crippen LogP contribution in [-0.2, 0) is 4.79 Å². The molecular formula is C12H9NO4. The van der Waals surface area contributed by atoms with Gasteiger partial charge < -0.3 is 9.52 Å². The van der Waals surface area contributed by atoms with Crippen LogP contribution in [0.4, 0.5) is 0 Å². The number of benzene rings is 1. The maximum atomic E-state index is 10.9. The molecule has 2 rings (SSSR count). The fourth-order valence-electron chi connectivity index (χ4n) is 1.37. The molecule has 0 spiro atoms. The summed E-state index contributed by atoms with van der Waals surface area (Å²) in [6.45, 7) is 0. The largest absolute Gasteiger partial charge is 0.478 e. The van der Waals surface area contributed by atoms with E-state index in [1.54, 1.807) is 30.4 Å². The van der Waals surface area contributed by atoms with Crippen LogP contribution >= 0.6 is 0 Å². The van der Waals surface area contributed by atoms with Crippen LogP contribution < -0.4 is 5.76 Å². The summed E-state index contributed by atoms with van der Waals surface area (Å²) in [7, 11) is 0. The van der Waals surface area contributed by atoms with Crippen LogP contribution in [0.2, 0.25) is 0 Å². The Balaban J connectivity index is 2.24. The Morgan fingerprint density at radius 1 is 1.35 bits per heavy atom. The van der Waals surface area contributed by atoms with Gasteiger partial charge in [-0.15, -0.1) is 0 Å². The Morgan fingerprint density at radius 2 is 2.18 bits per heavy atom. The lowest BCUT2D eigenvalue weighted by Crippen LogP contribution is -1.92. The molecule has 86 valence electrons. The van der Waals surface area contributed by atoms with E-state index in [-0.39, 0.29) is 0 Å². The Morgan fingerprint density at radius 3 is 2.94 bits per heavy atom. The van der Waals surface area contributed by atoms with Crippen LogP contribution in [0.15, 0.2) is 45.6 Å². The highest BCUT2D eigenvalue weighted by Gasteiger charge is 1.99. The van der Waals surface area contributed by atoms with Crippen LogP contribution in [0, 0.1) is 0 Å². The molecule has 5 heteroatoms. The summed E-state index contributed by atoms with van der Waals surface area (Å²) in [6, 6.07) is 5.21. The summed E-state index contributed by atoms with van der Waals surface area (Å²) in [6.07, 6.45) is 5.76. The first kappa shape index (κ1) is 10.9. The maximum absolute atomic E-state index is 10.9. The molecule has 17 heavy (non-hydrogen) atoms. The molecule has 0 atom stereocenters. The molecule has 5 nitrogen and oxygen atoms in total. The minimum Gasteiger partial charge on any atom is -0.478 e. The molecule has 0 radical (unpaired) electrons. The van der Waals surface area contributed by atoms with Crippen molar-refractivity contribution in [2.45, 2.75) is 0 Å². The zero-order valence-electron chi connectivity index (χ0n) is 8.71. The van der Waals surface area contributed by atoms with E-state index >= 15 is 0 Å². The average Bonchev–Trinajstić information content (AvgIpc) is 2.63. The van der Waals surface area contributed by atoms with Gasteiger partial charge in [0.15, 0.2) is 5.58 Å². The molecule has 0 saturated heterocycles. The highest BCUT2D eigenvalue weighted by molar-refractivity contribution is 5.80.